The zero-order valence-electron chi connectivity index (χ0n) is 15.0. The molecule has 1 N–H and O–H groups in total. The molecule has 0 atom stereocenters. The number of rotatable bonds is 8. The highest BCUT2D eigenvalue weighted by atomic mass is 16.2. The summed E-state index contributed by atoms with van der Waals surface area (Å²) in [6.07, 6.45) is 3.46. The Balaban J connectivity index is 2.05. The largest absolute Gasteiger partial charge is 0.337 e. The number of nitrogens with zero attached hydrogens (tertiary/aromatic N) is 1. The number of carbonyl (C=O) groups excluding carboxylic acids is 2. The number of para-hydroxylation sites is 1. The molecule has 0 heterocycles. The van der Waals surface area contributed by atoms with Gasteiger partial charge in [0.05, 0.1) is 11.3 Å². The van der Waals surface area contributed by atoms with Gasteiger partial charge in [-0.1, -0.05) is 62.2 Å². The second kappa shape index (κ2) is 9.62. The summed E-state index contributed by atoms with van der Waals surface area (Å²) in [6, 6.07) is 17.0. The van der Waals surface area contributed by atoms with E-state index in [9.17, 15) is 9.59 Å². The molecule has 132 valence electrons. The number of hydrogen-bond acceptors (Lipinski definition) is 2. The molecule has 0 unspecified atom stereocenters. The van der Waals surface area contributed by atoms with Crippen LogP contribution in [0.15, 0.2) is 54.6 Å². The van der Waals surface area contributed by atoms with Gasteiger partial charge in [0.1, 0.15) is 0 Å². The van der Waals surface area contributed by atoms with Crippen molar-refractivity contribution < 1.29 is 9.59 Å². The Labute approximate surface area is 149 Å². The molecule has 2 rings (SSSR count). The first-order valence-electron chi connectivity index (χ1n) is 8.80. The summed E-state index contributed by atoms with van der Waals surface area (Å²) in [5.41, 5.74) is 2.16. The van der Waals surface area contributed by atoms with Crippen LogP contribution >= 0.6 is 0 Å². The minimum absolute atomic E-state index is 0.0422. The maximum absolute atomic E-state index is 12.8. The Kier molecular flexibility index (Phi) is 7.20. The van der Waals surface area contributed by atoms with Crippen LogP contribution in [0.25, 0.3) is 0 Å². The van der Waals surface area contributed by atoms with Gasteiger partial charge < -0.3 is 10.2 Å². The van der Waals surface area contributed by atoms with Gasteiger partial charge >= 0.3 is 0 Å². The Morgan fingerprint density at radius 1 is 0.960 bits per heavy atom. The molecule has 0 aliphatic rings. The van der Waals surface area contributed by atoms with Crippen molar-refractivity contribution in [1.82, 2.24) is 4.90 Å². The summed E-state index contributed by atoms with van der Waals surface area (Å²) in [6.45, 7) is 2.63. The summed E-state index contributed by atoms with van der Waals surface area (Å²) in [4.78, 5) is 26.5. The lowest BCUT2D eigenvalue weighted by atomic mass is 10.1. The molecule has 0 aromatic heterocycles. The van der Waals surface area contributed by atoms with Crippen LogP contribution in [0.2, 0.25) is 0 Å². The molecule has 25 heavy (non-hydrogen) atoms. The summed E-state index contributed by atoms with van der Waals surface area (Å²) in [5, 5.41) is 2.88. The highest BCUT2D eigenvalue weighted by Gasteiger charge is 2.17. The third-order valence-electron chi connectivity index (χ3n) is 4.05. The molecule has 2 amide bonds. The van der Waals surface area contributed by atoms with Crippen LogP contribution in [0.3, 0.4) is 0 Å². The Hall–Kier alpha value is -2.62. The maximum Gasteiger partial charge on any atom is 0.256 e. The molecule has 0 saturated carbocycles. The van der Waals surface area contributed by atoms with Gasteiger partial charge in [-0.3, -0.25) is 9.59 Å². The maximum atomic E-state index is 12.8. The average Bonchev–Trinajstić information content (AvgIpc) is 2.62. The first kappa shape index (κ1) is 18.7. The summed E-state index contributed by atoms with van der Waals surface area (Å²) in [7, 11) is 1.77. The van der Waals surface area contributed by atoms with Gasteiger partial charge in [-0.05, 0) is 24.1 Å². The van der Waals surface area contributed by atoms with E-state index < -0.39 is 0 Å². The lowest BCUT2D eigenvalue weighted by Gasteiger charge is -2.19. The van der Waals surface area contributed by atoms with Gasteiger partial charge in [0.25, 0.3) is 5.91 Å². The fourth-order valence-corrected chi connectivity index (χ4v) is 2.66. The van der Waals surface area contributed by atoms with Gasteiger partial charge in [0.2, 0.25) is 5.91 Å². The fourth-order valence-electron chi connectivity index (χ4n) is 2.66. The van der Waals surface area contributed by atoms with E-state index >= 15 is 0 Å². The van der Waals surface area contributed by atoms with Crippen molar-refractivity contribution in [3.8, 4) is 0 Å². The van der Waals surface area contributed by atoms with Crippen molar-refractivity contribution in [2.45, 2.75) is 39.2 Å². The molecule has 0 fully saturated rings. The monoisotopic (exact) mass is 338 g/mol. The van der Waals surface area contributed by atoms with Crippen LogP contribution in [-0.2, 0) is 11.3 Å². The first-order chi connectivity index (χ1) is 12.1. The molecule has 2 aromatic rings. The predicted molar refractivity (Wildman–Crippen MR) is 101 cm³/mol. The molecular weight excluding hydrogens is 312 g/mol. The van der Waals surface area contributed by atoms with E-state index in [-0.39, 0.29) is 11.8 Å². The molecule has 0 radical (unpaired) electrons. The summed E-state index contributed by atoms with van der Waals surface area (Å²) >= 11 is 0. The van der Waals surface area contributed by atoms with E-state index in [2.05, 4.69) is 12.2 Å². The summed E-state index contributed by atoms with van der Waals surface area (Å²) in [5.74, 6) is -0.146. The minimum atomic E-state index is -0.103. The SMILES string of the molecule is CCCCCC(=O)Nc1ccccc1C(=O)N(C)Cc1ccccc1. The normalized spacial score (nSPS) is 10.3. The van der Waals surface area contributed by atoms with Crippen LogP contribution in [0, 0.1) is 0 Å². The van der Waals surface area contributed by atoms with E-state index in [1.54, 1.807) is 24.1 Å². The van der Waals surface area contributed by atoms with Crippen molar-refractivity contribution in [3.63, 3.8) is 0 Å². The Morgan fingerprint density at radius 2 is 1.64 bits per heavy atom. The number of carbonyl (C=O) groups is 2. The lowest BCUT2D eigenvalue weighted by molar-refractivity contribution is -0.116. The highest BCUT2D eigenvalue weighted by Crippen LogP contribution is 2.18. The zero-order chi connectivity index (χ0) is 18.1. The van der Waals surface area contributed by atoms with Crippen LogP contribution < -0.4 is 5.32 Å². The van der Waals surface area contributed by atoms with Gasteiger partial charge in [-0.25, -0.2) is 0 Å². The van der Waals surface area contributed by atoms with Crippen molar-refractivity contribution in [2.24, 2.45) is 0 Å². The van der Waals surface area contributed by atoms with Crippen molar-refractivity contribution in [3.05, 3.63) is 65.7 Å². The third-order valence-corrected chi connectivity index (χ3v) is 4.05. The van der Waals surface area contributed by atoms with Crippen LogP contribution in [-0.4, -0.2) is 23.8 Å². The van der Waals surface area contributed by atoms with Crippen LogP contribution in [0.4, 0.5) is 5.69 Å². The van der Waals surface area contributed by atoms with E-state index in [0.717, 1.165) is 24.8 Å². The van der Waals surface area contributed by atoms with Crippen LogP contribution in [0.5, 0.6) is 0 Å². The standard InChI is InChI=1S/C21H26N2O2/c1-3-4-6-15-20(24)22-19-14-10-9-13-18(19)21(25)23(2)16-17-11-7-5-8-12-17/h5,7-14H,3-4,6,15-16H2,1-2H3,(H,22,24). The third kappa shape index (κ3) is 5.75. The van der Waals surface area contributed by atoms with Crippen molar-refractivity contribution in [2.75, 3.05) is 12.4 Å². The second-order valence-corrected chi connectivity index (χ2v) is 6.20. The average molecular weight is 338 g/mol. The zero-order valence-corrected chi connectivity index (χ0v) is 15.0. The van der Waals surface area contributed by atoms with E-state index in [1.165, 1.54) is 0 Å². The van der Waals surface area contributed by atoms with Crippen LogP contribution in [0.1, 0.15) is 48.5 Å². The van der Waals surface area contributed by atoms with Crippen molar-refractivity contribution in [1.29, 1.82) is 0 Å². The molecule has 0 spiro atoms. The van der Waals surface area contributed by atoms with Gasteiger partial charge in [0, 0.05) is 20.0 Å². The molecule has 2 aromatic carbocycles. The number of unbranched alkanes of at least 4 members (excludes halogenated alkanes) is 2. The molecular formula is C21H26N2O2. The minimum Gasteiger partial charge on any atom is -0.337 e. The topological polar surface area (TPSA) is 49.4 Å². The number of benzene rings is 2. The highest BCUT2D eigenvalue weighted by molar-refractivity contribution is 6.03. The lowest BCUT2D eigenvalue weighted by Crippen LogP contribution is -2.27. The van der Waals surface area contributed by atoms with Crippen molar-refractivity contribution >= 4 is 17.5 Å². The van der Waals surface area contributed by atoms with E-state index in [1.807, 2.05) is 42.5 Å². The van der Waals surface area contributed by atoms with E-state index in [4.69, 9.17) is 0 Å². The number of nitrogens with one attached hydrogen (secondary N) is 1. The molecule has 4 nitrogen and oxygen atoms in total. The smallest absolute Gasteiger partial charge is 0.256 e. The number of anilines is 1. The van der Waals surface area contributed by atoms with E-state index in [0.29, 0.717) is 24.2 Å². The second-order valence-electron chi connectivity index (χ2n) is 6.20. The molecule has 0 saturated heterocycles. The predicted octanol–water partition coefficient (Wildman–Crippen LogP) is 4.48. The van der Waals surface area contributed by atoms with Gasteiger partial charge in [-0.2, -0.15) is 0 Å². The van der Waals surface area contributed by atoms with Gasteiger partial charge in [-0.15, -0.1) is 0 Å². The Bertz CT molecular complexity index is 698. The first-order valence-corrected chi connectivity index (χ1v) is 8.80. The Morgan fingerprint density at radius 3 is 2.36 bits per heavy atom. The molecule has 4 heteroatoms. The number of amides is 2. The fraction of sp³-hybridized carbons (Fsp3) is 0.333. The number of hydrogen-bond donors (Lipinski definition) is 1. The summed E-state index contributed by atoms with van der Waals surface area (Å²) < 4.78 is 0. The van der Waals surface area contributed by atoms with Gasteiger partial charge in [0.15, 0.2) is 0 Å². The quantitative estimate of drug-likeness (QED) is 0.722. The molecule has 0 bridgehead atoms. The molecule has 0 aliphatic heterocycles. The molecule has 0 aliphatic carbocycles.